The Labute approximate surface area is 158 Å². The van der Waals surface area contributed by atoms with Gasteiger partial charge in [-0.2, -0.15) is 5.26 Å². The Hall–Kier alpha value is -3.65. The molecule has 0 fully saturated rings. The van der Waals surface area contributed by atoms with E-state index < -0.39 is 0 Å². The van der Waals surface area contributed by atoms with E-state index in [1.165, 1.54) is 5.69 Å². The van der Waals surface area contributed by atoms with Gasteiger partial charge in [-0.1, -0.05) is 42.5 Å². The normalized spacial score (nSPS) is 10.6. The lowest BCUT2D eigenvalue weighted by Gasteiger charge is -2.09. The van der Waals surface area contributed by atoms with Gasteiger partial charge < -0.3 is 9.13 Å². The van der Waals surface area contributed by atoms with Crippen LogP contribution in [0.4, 0.5) is 0 Å². The molecule has 27 heavy (non-hydrogen) atoms. The molecule has 0 aliphatic heterocycles. The van der Waals surface area contributed by atoms with Gasteiger partial charge in [-0.3, -0.25) is 0 Å². The van der Waals surface area contributed by atoms with Crippen LogP contribution in [0.5, 0.6) is 0 Å². The molecule has 4 aromatic rings. The third-order valence-corrected chi connectivity index (χ3v) is 4.56. The van der Waals surface area contributed by atoms with E-state index in [2.05, 4.69) is 43.5 Å². The molecule has 0 amide bonds. The van der Waals surface area contributed by atoms with E-state index in [9.17, 15) is 0 Å². The van der Waals surface area contributed by atoms with Gasteiger partial charge in [0.15, 0.2) is 0 Å². The Kier molecular flexibility index (Phi) is 4.80. The van der Waals surface area contributed by atoms with Crippen LogP contribution in [0.25, 0.3) is 11.3 Å². The molecule has 0 aliphatic carbocycles. The Morgan fingerprint density at radius 1 is 0.963 bits per heavy atom. The first-order valence-electron chi connectivity index (χ1n) is 8.87. The van der Waals surface area contributed by atoms with Crippen molar-refractivity contribution in [2.24, 2.45) is 0 Å². The quantitative estimate of drug-likeness (QED) is 0.528. The molecular weight excluding hydrogens is 334 g/mol. The van der Waals surface area contributed by atoms with Gasteiger partial charge in [0.05, 0.1) is 30.0 Å². The third kappa shape index (κ3) is 3.96. The topological polar surface area (TPSA) is 59.4 Å². The Bertz CT molecular complexity index is 1050. The molecule has 0 N–H and O–H groups in total. The first-order chi connectivity index (χ1) is 13.3. The highest BCUT2D eigenvalue weighted by molar-refractivity contribution is 5.57. The van der Waals surface area contributed by atoms with E-state index in [4.69, 9.17) is 5.26 Å². The fraction of sp³-hybridized carbons (Fsp3) is 0.136. The van der Waals surface area contributed by atoms with E-state index in [0.29, 0.717) is 5.56 Å². The van der Waals surface area contributed by atoms with E-state index in [-0.39, 0.29) is 0 Å². The second kappa shape index (κ2) is 7.71. The van der Waals surface area contributed by atoms with Crippen molar-refractivity contribution in [3.05, 3.63) is 96.5 Å². The molecule has 0 saturated heterocycles. The summed E-state index contributed by atoms with van der Waals surface area (Å²) in [5.41, 5.74) is 5.12. The smallest absolute Gasteiger partial charge is 0.0991 e. The van der Waals surface area contributed by atoms with Gasteiger partial charge in [-0.05, 0) is 17.7 Å². The lowest BCUT2D eigenvalue weighted by Crippen LogP contribution is -2.06. The van der Waals surface area contributed by atoms with Crippen molar-refractivity contribution in [1.29, 1.82) is 5.26 Å². The van der Waals surface area contributed by atoms with Crippen LogP contribution < -0.4 is 0 Å². The summed E-state index contributed by atoms with van der Waals surface area (Å²) in [4.78, 5) is 8.81. The van der Waals surface area contributed by atoms with E-state index in [1.807, 2.05) is 61.3 Å². The number of aromatic nitrogens is 4. The summed E-state index contributed by atoms with van der Waals surface area (Å²) in [6.45, 7) is 1.60. The Morgan fingerprint density at radius 3 is 2.56 bits per heavy atom. The summed E-state index contributed by atoms with van der Waals surface area (Å²) in [5, 5.41) is 8.91. The lowest BCUT2D eigenvalue weighted by atomic mass is 10.1. The van der Waals surface area contributed by atoms with Gasteiger partial charge in [0, 0.05) is 43.2 Å². The average molecular weight is 353 g/mol. The molecule has 0 aliphatic rings. The van der Waals surface area contributed by atoms with Crippen LogP contribution in [-0.4, -0.2) is 19.1 Å². The van der Waals surface area contributed by atoms with Crippen LogP contribution in [0, 0.1) is 11.3 Å². The maximum Gasteiger partial charge on any atom is 0.0991 e. The van der Waals surface area contributed by atoms with Gasteiger partial charge in [0.25, 0.3) is 0 Å². The molecule has 5 heteroatoms. The minimum atomic E-state index is 0.680. The number of hydrogen-bond donors (Lipinski definition) is 0. The van der Waals surface area contributed by atoms with E-state index in [1.54, 1.807) is 0 Å². The number of benzene rings is 2. The van der Waals surface area contributed by atoms with Crippen molar-refractivity contribution in [3.8, 4) is 17.3 Å². The number of imidazole rings is 2. The highest BCUT2D eigenvalue weighted by atomic mass is 15.1. The molecule has 0 bridgehead atoms. The summed E-state index contributed by atoms with van der Waals surface area (Å²) in [7, 11) is 0. The molecule has 5 nitrogen and oxygen atoms in total. The number of aryl methyl sites for hydroxylation is 2. The van der Waals surface area contributed by atoms with Crippen LogP contribution in [-0.2, 0) is 19.5 Å². The minimum absolute atomic E-state index is 0.680. The fourth-order valence-electron chi connectivity index (χ4n) is 3.06. The van der Waals surface area contributed by atoms with Crippen LogP contribution in [0.1, 0.15) is 16.8 Å². The van der Waals surface area contributed by atoms with Crippen molar-refractivity contribution in [2.75, 3.05) is 0 Å². The third-order valence-electron chi connectivity index (χ3n) is 4.56. The minimum Gasteiger partial charge on any atom is -0.336 e. The first-order valence-corrected chi connectivity index (χ1v) is 8.87. The second-order valence-corrected chi connectivity index (χ2v) is 6.43. The standard InChI is InChI=1S/C22H19N5/c23-12-18-6-8-19(9-7-18)14-27-16-24-13-21(27)10-11-26-15-22(25-17-26)20-4-2-1-3-5-20/h1-9,13,15-17H,10-11,14H2. The Morgan fingerprint density at radius 2 is 1.78 bits per heavy atom. The molecular formula is C22H19N5. The van der Waals surface area contributed by atoms with E-state index in [0.717, 1.165) is 36.3 Å². The molecule has 0 saturated carbocycles. The summed E-state index contributed by atoms with van der Waals surface area (Å²) < 4.78 is 4.26. The van der Waals surface area contributed by atoms with Gasteiger partial charge >= 0.3 is 0 Å². The molecule has 0 atom stereocenters. The zero-order valence-corrected chi connectivity index (χ0v) is 14.9. The highest BCUT2D eigenvalue weighted by Gasteiger charge is 2.06. The largest absolute Gasteiger partial charge is 0.336 e. The maximum absolute atomic E-state index is 8.91. The van der Waals surface area contributed by atoms with Crippen LogP contribution >= 0.6 is 0 Å². The van der Waals surface area contributed by atoms with Crippen molar-refractivity contribution in [2.45, 2.75) is 19.5 Å². The van der Waals surface area contributed by atoms with E-state index >= 15 is 0 Å². The lowest BCUT2D eigenvalue weighted by molar-refractivity contribution is 0.648. The van der Waals surface area contributed by atoms with Crippen LogP contribution in [0.3, 0.4) is 0 Å². The molecule has 0 unspecified atom stereocenters. The van der Waals surface area contributed by atoms with Crippen molar-refractivity contribution >= 4 is 0 Å². The molecule has 2 heterocycles. The number of rotatable bonds is 6. The summed E-state index contributed by atoms with van der Waals surface area (Å²) in [6, 6.07) is 20.0. The molecule has 2 aromatic carbocycles. The predicted octanol–water partition coefficient (Wildman–Crippen LogP) is 3.91. The fourth-order valence-corrected chi connectivity index (χ4v) is 3.06. The number of nitriles is 1. The molecule has 4 rings (SSSR count). The molecule has 0 radical (unpaired) electrons. The van der Waals surface area contributed by atoms with Crippen LogP contribution in [0.2, 0.25) is 0 Å². The summed E-state index contributed by atoms with van der Waals surface area (Å²) in [6.07, 6.45) is 8.61. The van der Waals surface area contributed by atoms with Gasteiger partial charge in [-0.15, -0.1) is 0 Å². The van der Waals surface area contributed by atoms with Gasteiger partial charge in [0.2, 0.25) is 0 Å². The van der Waals surface area contributed by atoms with Gasteiger partial charge in [0.1, 0.15) is 0 Å². The SMILES string of the molecule is N#Cc1ccc(Cn2cncc2CCn2cnc(-c3ccccc3)c2)cc1. The summed E-state index contributed by atoms with van der Waals surface area (Å²) in [5.74, 6) is 0. The zero-order valence-electron chi connectivity index (χ0n) is 14.9. The molecule has 132 valence electrons. The first kappa shape index (κ1) is 16.8. The Balaban J connectivity index is 1.42. The summed E-state index contributed by atoms with van der Waals surface area (Å²) >= 11 is 0. The number of nitrogens with zero attached hydrogens (tertiary/aromatic N) is 5. The van der Waals surface area contributed by atoms with Crippen molar-refractivity contribution in [1.82, 2.24) is 19.1 Å². The maximum atomic E-state index is 8.91. The predicted molar refractivity (Wildman–Crippen MR) is 104 cm³/mol. The van der Waals surface area contributed by atoms with Crippen molar-refractivity contribution < 1.29 is 0 Å². The number of hydrogen-bond acceptors (Lipinski definition) is 3. The highest BCUT2D eigenvalue weighted by Crippen LogP contribution is 2.16. The van der Waals surface area contributed by atoms with Crippen LogP contribution in [0.15, 0.2) is 79.6 Å². The van der Waals surface area contributed by atoms with Crippen molar-refractivity contribution in [3.63, 3.8) is 0 Å². The average Bonchev–Trinajstić information content (AvgIpc) is 3.37. The monoisotopic (exact) mass is 353 g/mol. The van der Waals surface area contributed by atoms with Gasteiger partial charge in [-0.25, -0.2) is 9.97 Å². The molecule has 2 aromatic heterocycles. The second-order valence-electron chi connectivity index (χ2n) is 6.43. The zero-order chi connectivity index (χ0) is 18.5. The molecule has 0 spiro atoms.